The van der Waals surface area contributed by atoms with Crippen LogP contribution in [0.5, 0.6) is 0 Å². The van der Waals surface area contributed by atoms with E-state index in [1.54, 1.807) is 14.1 Å². The molecule has 0 saturated carbocycles. The Kier molecular flexibility index (Phi) is 26.9. The minimum atomic E-state index is -1.02. The molecule has 5 atom stereocenters. The van der Waals surface area contributed by atoms with Crippen LogP contribution < -0.4 is 21.3 Å². The van der Waals surface area contributed by atoms with Crippen LogP contribution in [-0.4, -0.2) is 67.5 Å². The van der Waals surface area contributed by atoms with Gasteiger partial charge in [0.2, 0.25) is 5.91 Å². The Morgan fingerprint density at radius 1 is 0.771 bits per heavy atom. The maximum absolute atomic E-state index is 12.0. The fourth-order valence-electron chi connectivity index (χ4n) is 3.18. The van der Waals surface area contributed by atoms with Crippen molar-refractivity contribution in [2.45, 2.75) is 104 Å². The average Bonchev–Trinajstić information content (AvgIpc) is 2.92. The summed E-state index contributed by atoms with van der Waals surface area (Å²) in [7, 11) is 5.02. The molecule has 8 heteroatoms. The first kappa shape index (κ1) is 37.5. The second-order valence-electron chi connectivity index (χ2n) is 7.51. The molecule has 0 heterocycles. The Bertz CT molecular complexity index is 616. The van der Waals surface area contributed by atoms with Gasteiger partial charge in [-0.15, -0.1) is 0 Å². The molecule has 0 bridgehead atoms. The molecule has 0 aliphatic heterocycles. The summed E-state index contributed by atoms with van der Waals surface area (Å²) in [5, 5.41) is 30.6. The van der Waals surface area contributed by atoms with Crippen LogP contribution in [0.3, 0.4) is 0 Å². The number of benzene rings is 1. The fraction of sp³-hybridized carbons (Fsp3) is 0.704. The van der Waals surface area contributed by atoms with E-state index < -0.39 is 12.2 Å². The van der Waals surface area contributed by atoms with Crippen LogP contribution in [0.1, 0.15) is 85.8 Å². The zero-order chi connectivity index (χ0) is 27.8. The summed E-state index contributed by atoms with van der Waals surface area (Å²) in [6, 6.07) is 9.26. The topological polar surface area (TPSA) is 123 Å². The number of hydrogen-bond donors (Lipinski definition) is 6. The number of aliphatic hydroxyl groups excluding tert-OH is 2. The predicted molar refractivity (Wildman–Crippen MR) is 147 cm³/mol. The lowest BCUT2D eigenvalue weighted by atomic mass is 10.0. The van der Waals surface area contributed by atoms with E-state index in [4.69, 9.17) is 0 Å². The molecule has 1 rings (SSSR count). The normalized spacial score (nSPS) is 14.1. The monoisotopic (exact) mass is 498 g/mol. The minimum absolute atomic E-state index is 0.109. The molecular weight excluding hydrogens is 444 g/mol. The van der Waals surface area contributed by atoms with Crippen LogP contribution in [0, 0.1) is 0 Å². The van der Waals surface area contributed by atoms with Crippen molar-refractivity contribution in [3.63, 3.8) is 0 Å². The molecule has 0 fully saturated rings. The van der Waals surface area contributed by atoms with Gasteiger partial charge in [0.05, 0.1) is 6.04 Å². The predicted octanol–water partition coefficient (Wildman–Crippen LogP) is 3.15. The Labute approximate surface area is 214 Å². The summed E-state index contributed by atoms with van der Waals surface area (Å²) in [6.45, 7) is 14.0. The van der Waals surface area contributed by atoms with E-state index in [9.17, 15) is 19.8 Å². The van der Waals surface area contributed by atoms with Gasteiger partial charge in [0, 0.05) is 19.1 Å². The highest BCUT2D eigenvalue weighted by Crippen LogP contribution is 2.12. The number of likely N-dealkylation sites (N-methyl/N-ethyl adjacent to an activating group) is 3. The van der Waals surface area contributed by atoms with Gasteiger partial charge >= 0.3 is 0 Å². The van der Waals surface area contributed by atoms with Gasteiger partial charge in [-0.3, -0.25) is 9.59 Å². The van der Waals surface area contributed by atoms with Crippen LogP contribution in [-0.2, 0) is 9.59 Å². The minimum Gasteiger partial charge on any atom is -0.382 e. The molecule has 6 N–H and O–H groups in total. The number of amides is 2. The molecule has 0 aromatic heterocycles. The number of carbonyl (C=O) groups is 2. The molecule has 8 nitrogen and oxygen atoms in total. The maximum atomic E-state index is 12.0. The van der Waals surface area contributed by atoms with Gasteiger partial charge in [-0.1, -0.05) is 84.7 Å². The molecule has 1 aromatic carbocycles. The van der Waals surface area contributed by atoms with Gasteiger partial charge in [0.25, 0.3) is 5.91 Å². The van der Waals surface area contributed by atoms with Crippen molar-refractivity contribution < 1.29 is 19.8 Å². The van der Waals surface area contributed by atoms with E-state index in [1.165, 1.54) is 7.05 Å². The van der Waals surface area contributed by atoms with Crippen LogP contribution >= 0.6 is 0 Å². The number of rotatable bonds is 12. The first-order chi connectivity index (χ1) is 16.8. The first-order valence-electron chi connectivity index (χ1n) is 13.0. The molecule has 2 amide bonds. The highest BCUT2D eigenvalue weighted by atomic mass is 16.3. The SMILES string of the molecule is CC.CC.CCCC(NC)C(O)C(=O)NC.CCCC(NC)C(O)C(=O)NC(C)c1ccccc1. The lowest BCUT2D eigenvalue weighted by molar-refractivity contribution is -0.131. The zero-order valence-electron chi connectivity index (χ0n) is 23.8. The highest BCUT2D eigenvalue weighted by molar-refractivity contribution is 5.81. The molecule has 0 radical (unpaired) electrons. The third-order valence-electron chi connectivity index (χ3n) is 5.15. The van der Waals surface area contributed by atoms with Crippen molar-refractivity contribution in [3.05, 3.63) is 35.9 Å². The molecule has 1 aromatic rings. The van der Waals surface area contributed by atoms with E-state index in [0.29, 0.717) is 0 Å². The van der Waals surface area contributed by atoms with Gasteiger partial charge in [0.1, 0.15) is 12.2 Å². The third kappa shape index (κ3) is 16.3. The number of aliphatic hydroxyl groups is 2. The maximum Gasteiger partial charge on any atom is 0.250 e. The second kappa shape index (κ2) is 25.1. The van der Waals surface area contributed by atoms with Gasteiger partial charge in [0.15, 0.2) is 0 Å². The molecule has 0 aliphatic carbocycles. The van der Waals surface area contributed by atoms with E-state index in [0.717, 1.165) is 31.2 Å². The van der Waals surface area contributed by atoms with Crippen molar-refractivity contribution in [3.8, 4) is 0 Å². The standard InChI is InChI=1S/C15H24N2O2.C8H18N2O2.2C2H6/c1-4-8-13(16-3)14(18)15(19)17-11(2)12-9-6-5-7-10-12;1-4-5-6(9-2)7(11)8(12)10-3;2*1-2/h5-7,9-11,13-14,16,18H,4,8H2,1-3H3,(H,17,19);6-7,9,11H,4-5H2,1-3H3,(H,10,12);2*1-2H3. The summed E-state index contributed by atoms with van der Waals surface area (Å²) in [5.74, 6) is -0.660. The quantitative estimate of drug-likeness (QED) is 0.263. The first-order valence-corrected chi connectivity index (χ1v) is 13.0. The van der Waals surface area contributed by atoms with Gasteiger partial charge < -0.3 is 31.5 Å². The highest BCUT2D eigenvalue weighted by Gasteiger charge is 2.25. The van der Waals surface area contributed by atoms with Gasteiger partial charge in [-0.05, 0) is 39.4 Å². The molecule has 0 saturated heterocycles. The van der Waals surface area contributed by atoms with Crippen LogP contribution in [0.25, 0.3) is 0 Å². The molecule has 206 valence electrons. The summed E-state index contributed by atoms with van der Waals surface area (Å²) in [6.07, 6.45) is 1.47. The third-order valence-corrected chi connectivity index (χ3v) is 5.15. The molecule has 0 aliphatic rings. The molecule has 0 spiro atoms. The van der Waals surface area contributed by atoms with Crippen molar-refractivity contribution >= 4 is 11.8 Å². The molecular formula is C27H54N4O4. The number of carbonyl (C=O) groups excluding carboxylic acids is 2. The largest absolute Gasteiger partial charge is 0.382 e. The smallest absolute Gasteiger partial charge is 0.250 e. The van der Waals surface area contributed by atoms with Crippen molar-refractivity contribution in [2.24, 2.45) is 0 Å². The number of nitrogens with one attached hydrogen (secondary N) is 4. The van der Waals surface area contributed by atoms with E-state index >= 15 is 0 Å². The van der Waals surface area contributed by atoms with Crippen LogP contribution in [0.4, 0.5) is 0 Å². The summed E-state index contributed by atoms with van der Waals surface area (Å²) in [4.78, 5) is 23.0. The number of hydrogen-bond acceptors (Lipinski definition) is 6. The Hall–Kier alpha value is -2.00. The summed E-state index contributed by atoms with van der Waals surface area (Å²) >= 11 is 0. The molecule has 5 unspecified atom stereocenters. The summed E-state index contributed by atoms with van der Waals surface area (Å²) < 4.78 is 0. The van der Waals surface area contributed by atoms with Gasteiger partial charge in [-0.25, -0.2) is 0 Å². The van der Waals surface area contributed by atoms with Crippen molar-refractivity contribution in [2.75, 3.05) is 21.1 Å². The fourth-order valence-corrected chi connectivity index (χ4v) is 3.18. The summed E-state index contributed by atoms with van der Waals surface area (Å²) in [5.41, 5.74) is 1.03. The lowest BCUT2D eigenvalue weighted by Crippen LogP contribution is -2.48. The second-order valence-corrected chi connectivity index (χ2v) is 7.51. The van der Waals surface area contributed by atoms with E-state index in [-0.39, 0.29) is 29.9 Å². The van der Waals surface area contributed by atoms with Crippen LogP contribution in [0.2, 0.25) is 0 Å². The lowest BCUT2D eigenvalue weighted by Gasteiger charge is -2.23. The Morgan fingerprint density at radius 3 is 1.51 bits per heavy atom. The Morgan fingerprint density at radius 2 is 1.17 bits per heavy atom. The molecule has 35 heavy (non-hydrogen) atoms. The van der Waals surface area contributed by atoms with Gasteiger partial charge in [-0.2, -0.15) is 0 Å². The van der Waals surface area contributed by atoms with E-state index in [1.807, 2.05) is 78.8 Å². The van der Waals surface area contributed by atoms with Crippen LogP contribution in [0.15, 0.2) is 30.3 Å². The van der Waals surface area contributed by atoms with Crippen molar-refractivity contribution in [1.29, 1.82) is 0 Å². The zero-order valence-corrected chi connectivity index (χ0v) is 23.8. The Balaban J connectivity index is -0.000000552. The average molecular weight is 499 g/mol. The van der Waals surface area contributed by atoms with E-state index in [2.05, 4.69) is 21.3 Å². The van der Waals surface area contributed by atoms with Crippen molar-refractivity contribution in [1.82, 2.24) is 21.3 Å².